The number of aliphatic hydroxyl groups is 1. The molecule has 3 rings (SSSR count). The second kappa shape index (κ2) is 12.3. The van der Waals surface area contributed by atoms with E-state index in [2.05, 4.69) is 0 Å². The van der Waals surface area contributed by atoms with Gasteiger partial charge in [-0.1, -0.05) is 19.3 Å². The molecule has 0 aliphatic heterocycles. The molecule has 0 radical (unpaired) electrons. The van der Waals surface area contributed by atoms with Gasteiger partial charge in [-0.05, 0) is 68.5 Å². The molecule has 1 atom stereocenters. The summed E-state index contributed by atoms with van der Waals surface area (Å²) in [4.78, 5) is 18.2. The maximum atomic E-state index is 9.24. The third kappa shape index (κ3) is 8.72. The van der Waals surface area contributed by atoms with Gasteiger partial charge in [0.15, 0.2) is 0 Å². The molecule has 8 nitrogen and oxygen atoms in total. The molecule has 5 N–H and O–H groups in total. The van der Waals surface area contributed by atoms with Gasteiger partial charge in [0.25, 0.3) is 0 Å². The molecule has 0 unspecified atom stereocenters. The zero-order chi connectivity index (χ0) is 23.6. The lowest BCUT2D eigenvalue weighted by Crippen LogP contribution is -2.40. The van der Waals surface area contributed by atoms with Gasteiger partial charge in [0.2, 0.25) is 0 Å². The largest absolute Gasteiger partial charge is 0.493 e. The molecule has 2 aromatic rings. The maximum absolute atomic E-state index is 9.24. The monoisotopic (exact) mass is 447 g/mol. The number of nitrogens with two attached hydrogens (primary N) is 1. The molecule has 1 aliphatic rings. The van der Waals surface area contributed by atoms with Gasteiger partial charge < -0.3 is 30.2 Å². The molecule has 1 heterocycles. The fourth-order valence-electron chi connectivity index (χ4n) is 3.44. The lowest BCUT2D eigenvalue weighted by atomic mass is 9.90. The third-order valence-corrected chi connectivity index (χ3v) is 5.50. The van der Waals surface area contributed by atoms with Crippen LogP contribution in [-0.4, -0.2) is 46.0 Å². The van der Waals surface area contributed by atoms with Crippen molar-refractivity contribution in [3.05, 3.63) is 42.2 Å². The van der Waals surface area contributed by atoms with Crippen LogP contribution in [-0.2, 0) is 16.0 Å². The Morgan fingerprint density at radius 2 is 1.69 bits per heavy atom. The SMILES string of the molecule is C[C@](N)(CO)CCc1ccc(-c2ccc(OCC3CCCCC3)cc2)o1.O=C(O)C(=O)O. The molecule has 176 valence electrons. The molecule has 0 bridgehead atoms. The minimum absolute atomic E-state index is 0.0249. The minimum atomic E-state index is -1.82. The van der Waals surface area contributed by atoms with Crippen LogP contribution in [0.3, 0.4) is 0 Å². The van der Waals surface area contributed by atoms with Crippen LogP contribution in [0.1, 0.15) is 51.2 Å². The number of rotatable bonds is 8. The Bertz CT molecular complexity index is 839. The van der Waals surface area contributed by atoms with Gasteiger partial charge in [-0.15, -0.1) is 0 Å². The van der Waals surface area contributed by atoms with Crippen LogP contribution in [0.4, 0.5) is 0 Å². The molecular formula is C24H33NO7. The summed E-state index contributed by atoms with van der Waals surface area (Å²) in [7, 11) is 0. The fraction of sp³-hybridized carbons (Fsp3) is 0.500. The van der Waals surface area contributed by atoms with E-state index in [4.69, 9.17) is 34.7 Å². The number of aliphatic carboxylic acids is 2. The van der Waals surface area contributed by atoms with Crippen LogP contribution in [0.2, 0.25) is 0 Å². The molecular weight excluding hydrogens is 414 g/mol. The Labute approximate surface area is 188 Å². The summed E-state index contributed by atoms with van der Waals surface area (Å²) in [6, 6.07) is 12.1. The molecule has 8 heteroatoms. The molecule has 1 aliphatic carbocycles. The zero-order valence-electron chi connectivity index (χ0n) is 18.5. The van der Waals surface area contributed by atoms with E-state index in [-0.39, 0.29) is 6.61 Å². The summed E-state index contributed by atoms with van der Waals surface area (Å²) in [5.74, 6) is -0.273. The number of benzene rings is 1. The van der Waals surface area contributed by atoms with Crippen molar-refractivity contribution >= 4 is 11.9 Å². The highest BCUT2D eigenvalue weighted by molar-refractivity contribution is 6.27. The summed E-state index contributed by atoms with van der Waals surface area (Å²) >= 11 is 0. The van der Waals surface area contributed by atoms with Gasteiger partial charge in [0, 0.05) is 17.5 Å². The average Bonchev–Trinajstić information content (AvgIpc) is 3.27. The van der Waals surface area contributed by atoms with Gasteiger partial charge in [0.1, 0.15) is 17.3 Å². The number of hydrogen-bond acceptors (Lipinski definition) is 6. The normalized spacial score (nSPS) is 15.8. The smallest absolute Gasteiger partial charge is 0.414 e. The molecule has 0 spiro atoms. The number of hydrogen-bond donors (Lipinski definition) is 4. The predicted octanol–water partition coefficient (Wildman–Crippen LogP) is 3.70. The molecule has 1 fully saturated rings. The lowest BCUT2D eigenvalue weighted by Gasteiger charge is -2.21. The molecule has 32 heavy (non-hydrogen) atoms. The number of ether oxygens (including phenoxy) is 1. The predicted molar refractivity (Wildman–Crippen MR) is 119 cm³/mol. The van der Waals surface area contributed by atoms with Gasteiger partial charge in [-0.3, -0.25) is 0 Å². The highest BCUT2D eigenvalue weighted by Crippen LogP contribution is 2.27. The summed E-state index contributed by atoms with van der Waals surface area (Å²) in [6.45, 7) is 2.65. The summed E-state index contributed by atoms with van der Waals surface area (Å²) in [5, 5.41) is 24.0. The van der Waals surface area contributed by atoms with Gasteiger partial charge >= 0.3 is 11.9 Å². The highest BCUT2D eigenvalue weighted by Gasteiger charge is 2.18. The molecule has 0 amide bonds. The lowest BCUT2D eigenvalue weighted by molar-refractivity contribution is -0.159. The van der Waals surface area contributed by atoms with Crippen molar-refractivity contribution in [2.75, 3.05) is 13.2 Å². The second-order valence-electron chi connectivity index (χ2n) is 8.53. The first kappa shape index (κ1) is 25.4. The van der Waals surface area contributed by atoms with E-state index in [0.29, 0.717) is 12.3 Å². The first-order valence-corrected chi connectivity index (χ1v) is 10.9. The quantitative estimate of drug-likeness (QED) is 0.449. The van der Waals surface area contributed by atoms with E-state index in [1.165, 1.54) is 32.1 Å². The van der Waals surface area contributed by atoms with Crippen molar-refractivity contribution < 1.29 is 34.1 Å². The van der Waals surface area contributed by atoms with Crippen LogP contribution in [0, 0.1) is 5.92 Å². The van der Waals surface area contributed by atoms with E-state index >= 15 is 0 Å². The highest BCUT2D eigenvalue weighted by atomic mass is 16.5. The molecule has 1 saturated carbocycles. The average molecular weight is 448 g/mol. The Kier molecular flexibility index (Phi) is 9.74. The van der Waals surface area contributed by atoms with Crippen molar-refractivity contribution in [3.63, 3.8) is 0 Å². The zero-order valence-corrected chi connectivity index (χ0v) is 18.5. The summed E-state index contributed by atoms with van der Waals surface area (Å²) in [6.07, 6.45) is 8.06. The van der Waals surface area contributed by atoms with Crippen LogP contribution in [0.5, 0.6) is 5.75 Å². The summed E-state index contributed by atoms with van der Waals surface area (Å²) in [5.41, 5.74) is 6.45. The molecule has 1 aromatic carbocycles. The van der Waals surface area contributed by atoms with Gasteiger partial charge in [-0.25, -0.2) is 9.59 Å². The Morgan fingerprint density at radius 1 is 1.06 bits per heavy atom. The van der Waals surface area contributed by atoms with Gasteiger partial charge in [0.05, 0.1) is 13.2 Å². The van der Waals surface area contributed by atoms with E-state index in [1.807, 2.05) is 43.3 Å². The van der Waals surface area contributed by atoms with E-state index < -0.39 is 17.5 Å². The van der Waals surface area contributed by atoms with Crippen LogP contribution in [0.15, 0.2) is 40.8 Å². The van der Waals surface area contributed by atoms with Crippen LogP contribution >= 0.6 is 0 Å². The Balaban J connectivity index is 0.000000534. The van der Waals surface area contributed by atoms with Crippen molar-refractivity contribution in [1.82, 2.24) is 0 Å². The van der Waals surface area contributed by atoms with E-state index in [9.17, 15) is 5.11 Å². The Hall–Kier alpha value is -2.84. The standard InChI is InChI=1S/C22H31NO3.C2H2O4/c1-22(23,16-24)14-13-20-11-12-21(26-20)18-7-9-19(10-8-18)25-15-17-5-3-2-4-6-17;3-1(4)2(5)6/h7-12,17,24H,2-6,13-16,23H2,1H3;(H,3,4)(H,5,6)/t22-;/m1./s1. The number of carboxylic acids is 2. The third-order valence-electron chi connectivity index (χ3n) is 5.50. The Morgan fingerprint density at radius 3 is 2.25 bits per heavy atom. The van der Waals surface area contributed by atoms with Crippen LogP contribution in [0.25, 0.3) is 11.3 Å². The van der Waals surface area contributed by atoms with Crippen molar-refractivity contribution in [2.45, 2.75) is 57.4 Å². The number of furan rings is 1. The van der Waals surface area contributed by atoms with Gasteiger partial charge in [-0.2, -0.15) is 0 Å². The molecule has 1 aromatic heterocycles. The maximum Gasteiger partial charge on any atom is 0.414 e. The van der Waals surface area contributed by atoms with Crippen LogP contribution < -0.4 is 10.5 Å². The number of aryl methyl sites for hydroxylation is 1. The summed E-state index contributed by atoms with van der Waals surface area (Å²) < 4.78 is 11.9. The van der Waals surface area contributed by atoms with Crippen molar-refractivity contribution in [3.8, 4) is 17.1 Å². The second-order valence-corrected chi connectivity index (χ2v) is 8.53. The topological polar surface area (TPSA) is 143 Å². The number of aliphatic hydroxyl groups excluding tert-OH is 1. The first-order valence-electron chi connectivity index (χ1n) is 10.9. The molecule has 0 saturated heterocycles. The number of carboxylic acid groups (broad SMARTS) is 2. The fourth-order valence-corrected chi connectivity index (χ4v) is 3.44. The first-order chi connectivity index (χ1) is 15.2. The van der Waals surface area contributed by atoms with E-state index in [1.54, 1.807) is 0 Å². The number of carbonyl (C=O) groups is 2. The van der Waals surface area contributed by atoms with E-state index in [0.717, 1.165) is 35.9 Å². The van der Waals surface area contributed by atoms with Crippen molar-refractivity contribution in [2.24, 2.45) is 11.7 Å². The minimum Gasteiger partial charge on any atom is -0.493 e. The van der Waals surface area contributed by atoms with Crippen molar-refractivity contribution in [1.29, 1.82) is 0 Å².